The van der Waals surface area contributed by atoms with Gasteiger partial charge < -0.3 is 13.9 Å². The van der Waals surface area contributed by atoms with Crippen LogP contribution in [0.1, 0.15) is 29.7 Å². The van der Waals surface area contributed by atoms with Crippen molar-refractivity contribution in [1.82, 2.24) is 0 Å². The molecule has 0 radical (unpaired) electrons. The molecule has 1 aromatic carbocycles. The Kier molecular flexibility index (Phi) is 4.46. The molecule has 0 unspecified atom stereocenters. The Hall–Kier alpha value is -3.35. The summed E-state index contributed by atoms with van der Waals surface area (Å²) in [6.07, 6.45) is 5.08. The highest BCUT2D eigenvalue weighted by molar-refractivity contribution is 6.22. The van der Waals surface area contributed by atoms with Gasteiger partial charge in [0.15, 0.2) is 0 Å². The molecule has 5 rings (SSSR count). The van der Waals surface area contributed by atoms with Gasteiger partial charge in [0, 0.05) is 0 Å². The minimum atomic E-state index is -0.513. The topological polar surface area (TPSA) is 86.0 Å². The highest BCUT2D eigenvalue weighted by Crippen LogP contribution is 2.53. The SMILES string of the molecule is CCOC(=O)c1ccc(COc2ccc(N3C(=O)[C@@H]4[C@@H](C3=O)[C@H]3C=C[C@@H]4C3)cc2)o1. The fraction of sp³-hybridized carbons (Fsp3) is 0.348. The molecule has 2 fully saturated rings. The minimum absolute atomic E-state index is 0.0994. The fourth-order valence-electron chi connectivity index (χ4n) is 4.77. The molecular weight excluding hydrogens is 386 g/mol. The van der Waals surface area contributed by atoms with Crippen molar-refractivity contribution in [1.29, 1.82) is 0 Å². The average molecular weight is 407 g/mol. The average Bonchev–Trinajstić information content (AvgIpc) is 3.52. The van der Waals surface area contributed by atoms with Gasteiger partial charge in [-0.1, -0.05) is 12.2 Å². The molecule has 4 atom stereocenters. The second-order valence-corrected chi connectivity index (χ2v) is 7.78. The van der Waals surface area contributed by atoms with E-state index in [1.165, 1.54) is 4.90 Å². The number of benzene rings is 1. The van der Waals surface area contributed by atoms with Gasteiger partial charge in [0.05, 0.1) is 24.1 Å². The van der Waals surface area contributed by atoms with Crippen molar-refractivity contribution in [2.75, 3.05) is 11.5 Å². The molecule has 3 aliphatic rings. The molecule has 0 spiro atoms. The highest BCUT2D eigenvalue weighted by Gasteiger charge is 2.59. The second-order valence-electron chi connectivity index (χ2n) is 7.78. The number of carbonyl (C=O) groups excluding carboxylic acids is 3. The zero-order valence-electron chi connectivity index (χ0n) is 16.4. The number of carbonyl (C=O) groups is 3. The summed E-state index contributed by atoms with van der Waals surface area (Å²) in [6.45, 7) is 2.14. The molecule has 2 aliphatic carbocycles. The number of imide groups is 1. The smallest absolute Gasteiger partial charge is 0.374 e. The zero-order valence-corrected chi connectivity index (χ0v) is 16.4. The van der Waals surface area contributed by atoms with Crippen LogP contribution in [0, 0.1) is 23.7 Å². The maximum absolute atomic E-state index is 12.9. The van der Waals surface area contributed by atoms with Gasteiger partial charge in [-0.3, -0.25) is 14.5 Å². The number of esters is 1. The number of hydrogen-bond donors (Lipinski definition) is 0. The van der Waals surface area contributed by atoms with Gasteiger partial charge in [-0.25, -0.2) is 4.79 Å². The van der Waals surface area contributed by atoms with E-state index in [0.29, 0.717) is 17.2 Å². The van der Waals surface area contributed by atoms with Crippen molar-refractivity contribution in [3.8, 4) is 5.75 Å². The lowest BCUT2D eigenvalue weighted by atomic mass is 9.85. The van der Waals surface area contributed by atoms with Crippen molar-refractivity contribution < 1.29 is 28.3 Å². The first-order chi connectivity index (χ1) is 14.6. The van der Waals surface area contributed by atoms with Crippen molar-refractivity contribution in [2.45, 2.75) is 20.0 Å². The summed E-state index contributed by atoms with van der Waals surface area (Å²) in [4.78, 5) is 38.7. The first kappa shape index (κ1) is 18.7. The standard InChI is InChI=1S/C23H21NO6/c1-2-28-23(27)18-10-9-17(30-18)12-29-16-7-5-15(6-8-16)24-21(25)19-13-3-4-14(11-13)20(19)22(24)26/h3-10,13-14,19-20H,2,11-12H2,1H3/t13-,14+,19-,20-/m0/s1. The van der Waals surface area contributed by atoms with Crippen LogP contribution in [0.15, 0.2) is 53.0 Å². The molecule has 1 saturated carbocycles. The van der Waals surface area contributed by atoms with Gasteiger partial charge in [-0.2, -0.15) is 0 Å². The molecule has 2 amide bonds. The molecule has 2 bridgehead atoms. The lowest BCUT2D eigenvalue weighted by Crippen LogP contribution is -2.32. The van der Waals surface area contributed by atoms with Crippen LogP contribution in [0.3, 0.4) is 0 Å². The van der Waals surface area contributed by atoms with Gasteiger partial charge in [-0.15, -0.1) is 0 Å². The second kappa shape index (κ2) is 7.16. The molecule has 2 heterocycles. The Labute approximate surface area is 173 Å². The molecule has 1 saturated heterocycles. The number of hydrogen-bond acceptors (Lipinski definition) is 6. The van der Waals surface area contributed by atoms with E-state index in [4.69, 9.17) is 13.9 Å². The molecule has 2 aromatic rings. The Morgan fingerprint density at radius 2 is 1.70 bits per heavy atom. The summed E-state index contributed by atoms with van der Waals surface area (Å²) in [5.41, 5.74) is 0.564. The van der Waals surface area contributed by atoms with Gasteiger partial charge in [0.25, 0.3) is 0 Å². The van der Waals surface area contributed by atoms with E-state index < -0.39 is 5.97 Å². The molecule has 7 heteroatoms. The molecule has 30 heavy (non-hydrogen) atoms. The van der Waals surface area contributed by atoms with Crippen LogP contribution < -0.4 is 9.64 Å². The van der Waals surface area contributed by atoms with Crippen LogP contribution >= 0.6 is 0 Å². The molecule has 1 aliphatic heterocycles. The van der Waals surface area contributed by atoms with E-state index in [2.05, 4.69) is 12.2 Å². The predicted molar refractivity (Wildman–Crippen MR) is 106 cm³/mol. The summed E-state index contributed by atoms with van der Waals surface area (Å²) in [5.74, 6) is 0.430. The third kappa shape index (κ3) is 2.93. The maximum Gasteiger partial charge on any atom is 0.374 e. The normalized spacial score (nSPS) is 26.4. The summed E-state index contributed by atoms with van der Waals surface area (Å²) in [6, 6.07) is 10.1. The monoisotopic (exact) mass is 407 g/mol. The van der Waals surface area contributed by atoms with Gasteiger partial charge in [0.1, 0.15) is 18.1 Å². The van der Waals surface area contributed by atoms with Crippen LogP contribution in [0.2, 0.25) is 0 Å². The van der Waals surface area contributed by atoms with E-state index in [0.717, 1.165) is 6.42 Å². The molecule has 1 aromatic heterocycles. The summed E-state index contributed by atoms with van der Waals surface area (Å²) in [5, 5.41) is 0. The number of ether oxygens (including phenoxy) is 2. The lowest BCUT2D eigenvalue weighted by molar-refractivity contribution is -0.123. The number of furan rings is 1. The van der Waals surface area contributed by atoms with Gasteiger partial charge in [-0.05, 0) is 61.6 Å². The highest BCUT2D eigenvalue weighted by atomic mass is 16.5. The fourth-order valence-corrected chi connectivity index (χ4v) is 4.77. The van der Waals surface area contributed by atoms with Crippen LogP contribution in [-0.4, -0.2) is 24.4 Å². The molecule has 0 N–H and O–H groups in total. The largest absolute Gasteiger partial charge is 0.486 e. The Balaban J connectivity index is 1.24. The Morgan fingerprint density at radius 1 is 1.03 bits per heavy atom. The van der Waals surface area contributed by atoms with Crippen LogP contribution in [0.25, 0.3) is 0 Å². The number of amides is 2. The number of rotatable bonds is 6. The first-order valence-electron chi connectivity index (χ1n) is 10.1. The van der Waals surface area contributed by atoms with Gasteiger partial charge in [0.2, 0.25) is 17.6 Å². The van der Waals surface area contributed by atoms with Crippen LogP contribution in [0.5, 0.6) is 5.75 Å². The molecular formula is C23H21NO6. The van der Waals surface area contributed by atoms with Crippen molar-refractivity contribution >= 4 is 23.5 Å². The van der Waals surface area contributed by atoms with E-state index in [1.807, 2.05) is 0 Å². The molecule has 154 valence electrons. The number of anilines is 1. The number of allylic oxidation sites excluding steroid dienone is 2. The summed E-state index contributed by atoms with van der Waals surface area (Å²) < 4.78 is 16.0. The van der Waals surface area contributed by atoms with E-state index in [-0.39, 0.29) is 54.5 Å². The predicted octanol–water partition coefficient (Wildman–Crippen LogP) is 3.35. The van der Waals surface area contributed by atoms with Crippen molar-refractivity contribution in [3.63, 3.8) is 0 Å². The minimum Gasteiger partial charge on any atom is -0.486 e. The van der Waals surface area contributed by atoms with Crippen molar-refractivity contribution in [2.24, 2.45) is 23.7 Å². The third-order valence-corrected chi connectivity index (χ3v) is 6.08. The first-order valence-corrected chi connectivity index (χ1v) is 10.1. The maximum atomic E-state index is 12.9. The van der Waals surface area contributed by atoms with E-state index in [1.54, 1.807) is 43.3 Å². The third-order valence-electron chi connectivity index (χ3n) is 6.08. The van der Waals surface area contributed by atoms with Crippen molar-refractivity contribution in [3.05, 3.63) is 60.1 Å². The molecule has 7 nitrogen and oxygen atoms in total. The summed E-state index contributed by atoms with van der Waals surface area (Å²) >= 11 is 0. The van der Waals surface area contributed by atoms with E-state index in [9.17, 15) is 14.4 Å². The quantitative estimate of drug-likeness (QED) is 0.415. The zero-order chi connectivity index (χ0) is 20.8. The summed E-state index contributed by atoms with van der Waals surface area (Å²) in [7, 11) is 0. The Morgan fingerprint density at radius 3 is 2.33 bits per heavy atom. The van der Waals surface area contributed by atoms with Crippen LogP contribution in [0.4, 0.5) is 5.69 Å². The van der Waals surface area contributed by atoms with Crippen LogP contribution in [-0.2, 0) is 20.9 Å². The van der Waals surface area contributed by atoms with Gasteiger partial charge >= 0.3 is 5.97 Å². The number of fused-ring (bicyclic) bond motifs is 5. The number of nitrogens with zero attached hydrogens (tertiary/aromatic N) is 1. The Bertz CT molecular complexity index is 1010. The lowest BCUT2D eigenvalue weighted by Gasteiger charge is -2.17. The van der Waals surface area contributed by atoms with E-state index >= 15 is 0 Å².